The number of nitro groups is 1. The van der Waals surface area contributed by atoms with Crippen LogP contribution in [-0.2, 0) is 13.1 Å². The molecule has 0 aliphatic carbocycles. The number of nitrogens with one attached hydrogen (secondary N) is 1. The van der Waals surface area contributed by atoms with Gasteiger partial charge in [0.2, 0.25) is 0 Å². The smallest absolute Gasteiger partial charge is 0.358 e. The molecule has 26 heavy (non-hydrogen) atoms. The average molecular weight is 415 g/mol. The summed E-state index contributed by atoms with van der Waals surface area (Å²) in [6, 6.07) is 16.7. The van der Waals surface area contributed by atoms with Gasteiger partial charge in [-0.2, -0.15) is 4.68 Å². The van der Waals surface area contributed by atoms with Gasteiger partial charge in [-0.1, -0.05) is 42.5 Å². The largest absolute Gasteiger partial charge is 0.404 e. The molecule has 2 aromatic carbocycles. The lowest BCUT2D eigenvalue weighted by atomic mass is 10.1. The zero-order valence-electron chi connectivity index (χ0n) is 13.6. The third-order valence-corrected chi connectivity index (χ3v) is 4.29. The van der Waals surface area contributed by atoms with E-state index < -0.39 is 4.92 Å². The maximum Gasteiger partial charge on any atom is 0.404 e. The number of carbonyl (C=O) groups excluding carboxylic acids is 1. The van der Waals surface area contributed by atoms with Crippen molar-refractivity contribution in [2.75, 3.05) is 0 Å². The standard InChI is InChI=1S/C18H15BrN4O3/c19-16-12-22(21-17(16)23(25)26)11-14-6-8-15(9-7-14)18(24)20-10-13-4-2-1-3-5-13/h1-9,12H,10-11H2,(H,20,24). The van der Waals surface area contributed by atoms with Crippen LogP contribution in [0.4, 0.5) is 5.82 Å². The Labute approximate surface area is 157 Å². The lowest BCUT2D eigenvalue weighted by molar-refractivity contribution is -0.390. The first-order valence-electron chi connectivity index (χ1n) is 7.81. The van der Waals surface area contributed by atoms with Crippen molar-refractivity contribution in [2.45, 2.75) is 13.1 Å². The van der Waals surface area contributed by atoms with Gasteiger partial charge >= 0.3 is 5.82 Å². The third kappa shape index (κ3) is 4.34. The van der Waals surface area contributed by atoms with Crippen LogP contribution in [0.1, 0.15) is 21.5 Å². The minimum Gasteiger partial charge on any atom is -0.358 e. The average Bonchev–Trinajstić information content (AvgIpc) is 3.01. The van der Waals surface area contributed by atoms with E-state index >= 15 is 0 Å². The van der Waals surface area contributed by atoms with Crippen LogP contribution in [0.3, 0.4) is 0 Å². The van der Waals surface area contributed by atoms with Crippen molar-refractivity contribution in [1.82, 2.24) is 15.1 Å². The number of amides is 1. The maximum absolute atomic E-state index is 12.2. The number of halogens is 1. The predicted molar refractivity (Wildman–Crippen MR) is 99.7 cm³/mol. The number of benzene rings is 2. The van der Waals surface area contributed by atoms with Gasteiger partial charge in [0.1, 0.15) is 4.47 Å². The molecule has 7 nitrogen and oxygen atoms in total. The summed E-state index contributed by atoms with van der Waals surface area (Å²) in [6.07, 6.45) is 1.55. The summed E-state index contributed by atoms with van der Waals surface area (Å²) in [5.41, 5.74) is 2.47. The second-order valence-electron chi connectivity index (χ2n) is 5.62. The van der Waals surface area contributed by atoms with Crippen LogP contribution in [0.5, 0.6) is 0 Å². The highest BCUT2D eigenvalue weighted by atomic mass is 79.9. The van der Waals surface area contributed by atoms with Crippen LogP contribution in [0.2, 0.25) is 0 Å². The Morgan fingerprint density at radius 2 is 1.81 bits per heavy atom. The van der Waals surface area contributed by atoms with Crippen molar-refractivity contribution in [2.24, 2.45) is 0 Å². The molecule has 8 heteroatoms. The van der Waals surface area contributed by atoms with E-state index in [4.69, 9.17) is 0 Å². The van der Waals surface area contributed by atoms with E-state index in [9.17, 15) is 14.9 Å². The number of carbonyl (C=O) groups is 1. The van der Waals surface area contributed by atoms with Crippen LogP contribution < -0.4 is 5.32 Å². The monoisotopic (exact) mass is 414 g/mol. The van der Waals surface area contributed by atoms with E-state index in [1.807, 2.05) is 30.3 Å². The zero-order chi connectivity index (χ0) is 18.5. The van der Waals surface area contributed by atoms with Crippen molar-refractivity contribution in [3.63, 3.8) is 0 Å². The van der Waals surface area contributed by atoms with E-state index in [-0.39, 0.29) is 11.7 Å². The Morgan fingerprint density at radius 3 is 2.42 bits per heavy atom. The molecule has 3 aromatic rings. The highest BCUT2D eigenvalue weighted by molar-refractivity contribution is 9.10. The van der Waals surface area contributed by atoms with Gasteiger partial charge in [0.15, 0.2) is 0 Å². The molecule has 1 heterocycles. The van der Waals surface area contributed by atoms with Crippen LogP contribution in [-0.4, -0.2) is 20.6 Å². The predicted octanol–water partition coefficient (Wildman–Crippen LogP) is 3.53. The molecule has 3 rings (SSSR count). The molecule has 0 atom stereocenters. The van der Waals surface area contributed by atoms with Crippen LogP contribution in [0, 0.1) is 10.1 Å². The van der Waals surface area contributed by atoms with Crippen LogP contribution in [0.15, 0.2) is 65.3 Å². The SMILES string of the molecule is O=C(NCc1ccccc1)c1ccc(Cn2cc(Br)c([N+](=O)[O-])n2)cc1. The summed E-state index contributed by atoms with van der Waals surface area (Å²) >= 11 is 3.12. The maximum atomic E-state index is 12.2. The quantitative estimate of drug-likeness (QED) is 0.493. The van der Waals surface area contributed by atoms with Gasteiger partial charge in [-0.25, -0.2) is 0 Å². The molecule has 1 amide bonds. The molecule has 0 saturated carbocycles. The summed E-state index contributed by atoms with van der Waals surface area (Å²) in [4.78, 5) is 22.5. The molecular weight excluding hydrogens is 400 g/mol. The minimum atomic E-state index is -0.541. The van der Waals surface area contributed by atoms with Gasteiger partial charge < -0.3 is 15.4 Å². The fraction of sp³-hybridized carbons (Fsp3) is 0.111. The first-order valence-corrected chi connectivity index (χ1v) is 8.60. The number of nitrogens with zero attached hydrogens (tertiary/aromatic N) is 3. The van der Waals surface area contributed by atoms with Crippen molar-refractivity contribution < 1.29 is 9.72 Å². The molecule has 132 valence electrons. The van der Waals surface area contributed by atoms with Gasteiger partial charge in [-0.3, -0.25) is 4.79 Å². The van der Waals surface area contributed by atoms with Gasteiger partial charge in [0, 0.05) is 12.1 Å². The zero-order valence-corrected chi connectivity index (χ0v) is 15.2. The van der Waals surface area contributed by atoms with Gasteiger partial charge in [0.05, 0.1) is 17.8 Å². The van der Waals surface area contributed by atoms with Crippen molar-refractivity contribution >= 4 is 27.7 Å². The fourth-order valence-electron chi connectivity index (χ4n) is 2.42. The summed E-state index contributed by atoms with van der Waals surface area (Å²) in [6.45, 7) is 0.838. The van der Waals surface area contributed by atoms with E-state index in [1.54, 1.807) is 30.5 Å². The lowest BCUT2D eigenvalue weighted by Gasteiger charge is -2.06. The molecule has 0 radical (unpaired) electrons. The van der Waals surface area contributed by atoms with Crippen molar-refractivity contribution in [1.29, 1.82) is 0 Å². The molecule has 0 aliphatic heterocycles. The van der Waals surface area contributed by atoms with Gasteiger partial charge in [0.25, 0.3) is 5.91 Å². The van der Waals surface area contributed by atoms with E-state index in [0.29, 0.717) is 23.1 Å². The van der Waals surface area contributed by atoms with E-state index in [1.165, 1.54) is 4.68 Å². The number of rotatable bonds is 6. The number of aromatic nitrogens is 2. The van der Waals surface area contributed by atoms with Crippen LogP contribution in [0.25, 0.3) is 0 Å². The normalized spacial score (nSPS) is 10.5. The number of hydrogen-bond acceptors (Lipinski definition) is 4. The van der Waals surface area contributed by atoms with Crippen molar-refractivity contribution in [3.05, 3.63) is 92.1 Å². The second kappa shape index (κ2) is 7.92. The molecular formula is C18H15BrN4O3. The first kappa shape index (κ1) is 17.8. The lowest BCUT2D eigenvalue weighted by Crippen LogP contribution is -2.22. The van der Waals surface area contributed by atoms with E-state index in [2.05, 4.69) is 26.3 Å². The molecule has 0 bridgehead atoms. The Kier molecular flexibility index (Phi) is 5.43. The summed E-state index contributed by atoms with van der Waals surface area (Å²) < 4.78 is 1.81. The Hall–Kier alpha value is -3.00. The topological polar surface area (TPSA) is 90.1 Å². The van der Waals surface area contributed by atoms with Gasteiger partial charge in [-0.05, 0) is 44.1 Å². The second-order valence-corrected chi connectivity index (χ2v) is 6.47. The molecule has 0 unspecified atom stereocenters. The molecule has 0 fully saturated rings. The summed E-state index contributed by atoms with van der Waals surface area (Å²) in [5.74, 6) is -0.375. The molecule has 1 N–H and O–H groups in total. The summed E-state index contributed by atoms with van der Waals surface area (Å²) in [5, 5.41) is 17.6. The highest BCUT2D eigenvalue weighted by Crippen LogP contribution is 2.22. The Morgan fingerprint density at radius 1 is 1.12 bits per heavy atom. The Bertz CT molecular complexity index is 923. The van der Waals surface area contributed by atoms with Crippen LogP contribution >= 0.6 is 15.9 Å². The first-order chi connectivity index (χ1) is 12.5. The summed E-state index contributed by atoms with van der Waals surface area (Å²) in [7, 11) is 0. The molecule has 0 aliphatic rings. The van der Waals surface area contributed by atoms with Crippen molar-refractivity contribution in [3.8, 4) is 0 Å². The van der Waals surface area contributed by atoms with E-state index in [0.717, 1.165) is 11.1 Å². The minimum absolute atomic E-state index is 0.155. The number of hydrogen-bond donors (Lipinski definition) is 1. The highest BCUT2D eigenvalue weighted by Gasteiger charge is 2.18. The van der Waals surface area contributed by atoms with Gasteiger partial charge in [-0.15, -0.1) is 0 Å². The third-order valence-electron chi connectivity index (χ3n) is 3.73. The fourth-order valence-corrected chi connectivity index (χ4v) is 2.88. The molecule has 0 spiro atoms. The molecule has 1 aromatic heterocycles. The molecule has 0 saturated heterocycles. The Balaban J connectivity index is 1.62.